The molecule has 0 amide bonds. The van der Waals surface area contributed by atoms with Gasteiger partial charge < -0.3 is 14.0 Å². The van der Waals surface area contributed by atoms with Crippen LogP contribution in [0.2, 0.25) is 5.02 Å². The number of hydrogen-bond acceptors (Lipinski definition) is 3. The van der Waals surface area contributed by atoms with Crippen LogP contribution >= 0.6 is 11.6 Å². The van der Waals surface area contributed by atoms with E-state index >= 15 is 0 Å². The number of ether oxygens (including phenoxy) is 2. The standard InChI is InChI=1S/C27H29ClN2O2/c1-19(2)21-14-13-20(3)17-26(21)32-18-27-29-23-10-5-6-11-24(23)30(27)15-8-16-31-25-12-7-4-9-22(25)28/h4-7,9-14,17,19H,8,15-16,18H2,1-3H3. The van der Waals surface area contributed by atoms with Crippen molar-refractivity contribution in [3.63, 3.8) is 0 Å². The molecule has 0 N–H and O–H groups in total. The number of hydrogen-bond donors (Lipinski definition) is 0. The van der Waals surface area contributed by atoms with E-state index in [0.717, 1.165) is 35.6 Å². The van der Waals surface area contributed by atoms with Crippen LogP contribution in [0.5, 0.6) is 11.5 Å². The van der Waals surface area contributed by atoms with Crippen molar-refractivity contribution in [3.8, 4) is 11.5 Å². The van der Waals surface area contributed by atoms with Gasteiger partial charge in [-0.2, -0.15) is 0 Å². The quantitative estimate of drug-likeness (QED) is 0.254. The van der Waals surface area contributed by atoms with Gasteiger partial charge >= 0.3 is 0 Å². The molecule has 4 nitrogen and oxygen atoms in total. The summed E-state index contributed by atoms with van der Waals surface area (Å²) in [5, 5.41) is 0.633. The van der Waals surface area contributed by atoms with E-state index in [-0.39, 0.29) is 0 Å². The maximum atomic E-state index is 6.29. The van der Waals surface area contributed by atoms with Gasteiger partial charge in [0, 0.05) is 6.54 Å². The zero-order valence-electron chi connectivity index (χ0n) is 18.8. The largest absolute Gasteiger partial charge is 0.492 e. The number of nitrogens with zero attached hydrogens (tertiary/aromatic N) is 2. The summed E-state index contributed by atoms with van der Waals surface area (Å²) < 4.78 is 14.4. The van der Waals surface area contributed by atoms with Gasteiger partial charge in [0.2, 0.25) is 0 Å². The van der Waals surface area contributed by atoms with Gasteiger partial charge in [-0.1, -0.05) is 61.8 Å². The maximum absolute atomic E-state index is 6.29. The highest BCUT2D eigenvalue weighted by molar-refractivity contribution is 6.32. The Morgan fingerprint density at radius 3 is 2.53 bits per heavy atom. The molecule has 0 aliphatic carbocycles. The molecule has 1 heterocycles. The van der Waals surface area contributed by atoms with Crippen molar-refractivity contribution in [1.29, 1.82) is 0 Å². The van der Waals surface area contributed by atoms with E-state index in [1.54, 1.807) is 0 Å². The number of fused-ring (bicyclic) bond motifs is 1. The molecule has 0 radical (unpaired) electrons. The highest BCUT2D eigenvalue weighted by Crippen LogP contribution is 2.29. The molecule has 0 atom stereocenters. The Hall–Kier alpha value is -2.98. The SMILES string of the molecule is Cc1ccc(C(C)C)c(OCc2nc3ccccc3n2CCCOc2ccccc2Cl)c1. The minimum Gasteiger partial charge on any atom is -0.492 e. The molecule has 1 aromatic heterocycles. The van der Waals surface area contributed by atoms with Crippen LogP contribution in [0.1, 0.15) is 43.1 Å². The Morgan fingerprint density at radius 2 is 1.72 bits per heavy atom. The third-order valence-corrected chi connectivity index (χ3v) is 5.81. The van der Waals surface area contributed by atoms with E-state index in [2.05, 4.69) is 49.6 Å². The molecule has 0 bridgehead atoms. The highest BCUT2D eigenvalue weighted by atomic mass is 35.5. The fraction of sp³-hybridized carbons (Fsp3) is 0.296. The topological polar surface area (TPSA) is 36.3 Å². The van der Waals surface area contributed by atoms with Crippen molar-refractivity contribution in [1.82, 2.24) is 9.55 Å². The summed E-state index contributed by atoms with van der Waals surface area (Å²) in [6.45, 7) is 8.24. The van der Waals surface area contributed by atoms with Crippen LogP contribution in [0.3, 0.4) is 0 Å². The zero-order chi connectivity index (χ0) is 22.5. The summed E-state index contributed by atoms with van der Waals surface area (Å²) in [7, 11) is 0. The van der Waals surface area contributed by atoms with Gasteiger partial charge in [-0.15, -0.1) is 0 Å². The second kappa shape index (κ2) is 10.1. The molecule has 0 fully saturated rings. The second-order valence-corrected chi connectivity index (χ2v) is 8.69. The Balaban J connectivity index is 1.49. The van der Waals surface area contributed by atoms with Gasteiger partial charge in [0.1, 0.15) is 23.9 Å². The lowest BCUT2D eigenvalue weighted by Gasteiger charge is -2.16. The third-order valence-electron chi connectivity index (χ3n) is 5.50. The fourth-order valence-electron chi connectivity index (χ4n) is 3.84. The lowest BCUT2D eigenvalue weighted by Crippen LogP contribution is -2.11. The summed E-state index contributed by atoms with van der Waals surface area (Å²) in [6, 6.07) is 22.2. The summed E-state index contributed by atoms with van der Waals surface area (Å²) in [5.41, 5.74) is 4.49. The molecule has 0 aliphatic rings. The molecule has 3 aromatic carbocycles. The summed E-state index contributed by atoms with van der Waals surface area (Å²) in [5.74, 6) is 2.96. The van der Waals surface area contributed by atoms with Gasteiger partial charge in [0.25, 0.3) is 0 Å². The monoisotopic (exact) mass is 448 g/mol. The molecule has 0 unspecified atom stereocenters. The minimum atomic E-state index is 0.395. The molecule has 0 saturated carbocycles. The number of halogens is 1. The third kappa shape index (κ3) is 5.08. The van der Waals surface area contributed by atoms with Crippen LogP contribution in [-0.2, 0) is 13.2 Å². The van der Waals surface area contributed by atoms with Gasteiger partial charge in [0.15, 0.2) is 0 Å². The first-order valence-corrected chi connectivity index (χ1v) is 11.5. The second-order valence-electron chi connectivity index (χ2n) is 8.29. The normalized spacial score (nSPS) is 11.3. The molecular formula is C27H29ClN2O2. The number of aryl methyl sites for hydroxylation is 2. The minimum absolute atomic E-state index is 0.395. The molecule has 0 spiro atoms. The first kappa shape index (κ1) is 22.2. The van der Waals surface area contributed by atoms with E-state index in [9.17, 15) is 0 Å². The highest BCUT2D eigenvalue weighted by Gasteiger charge is 2.14. The van der Waals surface area contributed by atoms with Crippen LogP contribution in [0.25, 0.3) is 11.0 Å². The number of rotatable bonds is 9. The molecule has 5 heteroatoms. The Kier molecular flexibility index (Phi) is 7.01. The lowest BCUT2D eigenvalue weighted by molar-refractivity contribution is 0.277. The van der Waals surface area contributed by atoms with E-state index in [4.69, 9.17) is 26.1 Å². The van der Waals surface area contributed by atoms with Crippen LogP contribution in [-0.4, -0.2) is 16.2 Å². The van der Waals surface area contributed by atoms with Crippen molar-refractivity contribution >= 4 is 22.6 Å². The van der Waals surface area contributed by atoms with E-state index in [0.29, 0.717) is 29.9 Å². The van der Waals surface area contributed by atoms with Crippen molar-refractivity contribution < 1.29 is 9.47 Å². The van der Waals surface area contributed by atoms with Crippen LogP contribution in [0, 0.1) is 6.92 Å². The van der Waals surface area contributed by atoms with Crippen LogP contribution in [0.4, 0.5) is 0 Å². The number of aromatic nitrogens is 2. The predicted molar refractivity (Wildman–Crippen MR) is 131 cm³/mol. The van der Waals surface area contributed by atoms with E-state index in [1.165, 1.54) is 11.1 Å². The summed E-state index contributed by atoms with van der Waals surface area (Å²) >= 11 is 6.19. The average Bonchev–Trinajstić information content (AvgIpc) is 3.13. The number of imidazole rings is 1. The Morgan fingerprint density at radius 1 is 0.938 bits per heavy atom. The molecule has 4 rings (SSSR count). The Bertz CT molecular complexity index is 1200. The molecule has 0 aliphatic heterocycles. The van der Waals surface area contributed by atoms with Gasteiger partial charge in [-0.05, 0) is 60.7 Å². The Labute approximate surface area is 194 Å². The number of para-hydroxylation sites is 3. The van der Waals surface area contributed by atoms with Crippen molar-refractivity contribution in [2.24, 2.45) is 0 Å². The van der Waals surface area contributed by atoms with Gasteiger partial charge in [-0.3, -0.25) is 0 Å². The van der Waals surface area contributed by atoms with Crippen molar-refractivity contribution in [2.75, 3.05) is 6.61 Å². The molecule has 32 heavy (non-hydrogen) atoms. The van der Waals surface area contributed by atoms with E-state index in [1.807, 2.05) is 42.5 Å². The van der Waals surface area contributed by atoms with Crippen LogP contribution in [0.15, 0.2) is 66.7 Å². The van der Waals surface area contributed by atoms with Gasteiger partial charge in [-0.25, -0.2) is 4.98 Å². The smallest absolute Gasteiger partial charge is 0.148 e. The zero-order valence-corrected chi connectivity index (χ0v) is 19.6. The first-order valence-electron chi connectivity index (χ1n) is 11.1. The van der Waals surface area contributed by atoms with Crippen molar-refractivity contribution in [3.05, 3.63) is 88.7 Å². The van der Waals surface area contributed by atoms with E-state index < -0.39 is 0 Å². The molecule has 166 valence electrons. The lowest BCUT2D eigenvalue weighted by atomic mass is 10.0. The molecular weight excluding hydrogens is 420 g/mol. The predicted octanol–water partition coefficient (Wildman–Crippen LogP) is 7.17. The summed E-state index contributed by atoms with van der Waals surface area (Å²) in [6.07, 6.45) is 0.834. The summed E-state index contributed by atoms with van der Waals surface area (Å²) in [4.78, 5) is 4.85. The average molecular weight is 449 g/mol. The maximum Gasteiger partial charge on any atom is 0.148 e. The van der Waals surface area contributed by atoms with Crippen molar-refractivity contribution in [2.45, 2.75) is 46.3 Å². The van der Waals surface area contributed by atoms with Gasteiger partial charge in [0.05, 0.1) is 22.7 Å². The molecule has 0 saturated heterocycles. The first-order chi connectivity index (χ1) is 15.5. The number of benzene rings is 3. The molecule has 4 aromatic rings. The van der Waals surface area contributed by atoms with Crippen LogP contribution < -0.4 is 9.47 Å². The fourth-order valence-corrected chi connectivity index (χ4v) is 4.03.